The molecule has 1 aromatic carbocycles. The molecule has 128 valence electrons. The van der Waals surface area contributed by atoms with Crippen molar-refractivity contribution in [2.45, 2.75) is 22.3 Å². The average molecular weight is 386 g/mol. The van der Waals surface area contributed by atoms with Gasteiger partial charge in [-0.05, 0) is 30.0 Å². The molecule has 1 aliphatic rings. The lowest BCUT2D eigenvalue weighted by molar-refractivity contribution is 0.0763. The Balaban J connectivity index is 1.72. The van der Waals surface area contributed by atoms with Crippen LogP contribution in [0.25, 0.3) is 0 Å². The van der Waals surface area contributed by atoms with Gasteiger partial charge in [0.15, 0.2) is 0 Å². The van der Waals surface area contributed by atoms with E-state index >= 15 is 0 Å². The molecule has 3 rings (SSSR count). The Labute approximate surface area is 152 Å². The van der Waals surface area contributed by atoms with Gasteiger partial charge in [0.05, 0.1) is 5.56 Å². The van der Waals surface area contributed by atoms with E-state index in [0.717, 1.165) is 12.2 Å². The van der Waals surface area contributed by atoms with Gasteiger partial charge in [0.2, 0.25) is 0 Å². The number of amides is 1. The first-order valence-electron chi connectivity index (χ1n) is 7.63. The number of carbonyl (C=O) groups is 1. The Kier molecular flexibility index (Phi) is 6.19. The minimum atomic E-state index is -2.53. The van der Waals surface area contributed by atoms with Crippen LogP contribution in [0.15, 0.2) is 46.7 Å². The van der Waals surface area contributed by atoms with Gasteiger partial charge in [-0.3, -0.25) is 4.79 Å². The molecule has 2 aromatic rings. The molecule has 1 fully saturated rings. The fourth-order valence-electron chi connectivity index (χ4n) is 2.69. The SMILES string of the molecule is O=C(c1ccccc1SC(F)F)N1CCSC(c2cccs2)CC1. The summed E-state index contributed by atoms with van der Waals surface area (Å²) in [5, 5.41) is 2.48. The number of thiophene rings is 1. The minimum Gasteiger partial charge on any atom is -0.338 e. The van der Waals surface area contributed by atoms with Crippen LogP contribution in [-0.4, -0.2) is 35.4 Å². The van der Waals surface area contributed by atoms with E-state index in [1.807, 2.05) is 17.8 Å². The molecule has 1 aromatic heterocycles. The van der Waals surface area contributed by atoms with Gasteiger partial charge in [0.25, 0.3) is 11.7 Å². The lowest BCUT2D eigenvalue weighted by Crippen LogP contribution is -2.33. The average Bonchev–Trinajstić information content (AvgIpc) is 2.99. The van der Waals surface area contributed by atoms with Crippen LogP contribution in [0.2, 0.25) is 0 Å². The van der Waals surface area contributed by atoms with Crippen molar-refractivity contribution in [3.8, 4) is 0 Å². The standard InChI is InChI=1S/C17H17F2NOS3/c18-17(19)24-13-5-2-1-4-12(13)16(21)20-8-7-15(23-11-9-20)14-6-3-10-22-14/h1-6,10,15,17H,7-9,11H2. The Morgan fingerprint density at radius 2 is 2.04 bits per heavy atom. The van der Waals surface area contributed by atoms with Crippen LogP contribution in [0.1, 0.15) is 26.9 Å². The molecule has 2 heterocycles. The smallest absolute Gasteiger partial charge is 0.288 e. The fraction of sp³-hybridized carbons (Fsp3) is 0.353. The zero-order chi connectivity index (χ0) is 16.9. The van der Waals surface area contributed by atoms with E-state index in [9.17, 15) is 13.6 Å². The second-order valence-electron chi connectivity index (χ2n) is 5.33. The van der Waals surface area contributed by atoms with E-state index in [-0.39, 0.29) is 5.91 Å². The molecule has 0 bridgehead atoms. The molecule has 2 nitrogen and oxygen atoms in total. The summed E-state index contributed by atoms with van der Waals surface area (Å²) in [5.74, 6) is -1.81. The summed E-state index contributed by atoms with van der Waals surface area (Å²) in [6.45, 7) is 1.31. The number of benzene rings is 1. The number of hydrogen-bond acceptors (Lipinski definition) is 4. The van der Waals surface area contributed by atoms with Gasteiger partial charge in [-0.2, -0.15) is 20.5 Å². The summed E-state index contributed by atoms with van der Waals surface area (Å²) < 4.78 is 25.4. The molecular weight excluding hydrogens is 368 g/mol. The maximum Gasteiger partial charge on any atom is 0.288 e. The van der Waals surface area contributed by atoms with E-state index in [0.29, 0.717) is 40.6 Å². The summed E-state index contributed by atoms with van der Waals surface area (Å²) in [6, 6.07) is 10.8. The number of halogens is 2. The largest absolute Gasteiger partial charge is 0.338 e. The number of alkyl halides is 2. The van der Waals surface area contributed by atoms with E-state index < -0.39 is 5.76 Å². The van der Waals surface area contributed by atoms with Crippen molar-refractivity contribution in [3.05, 3.63) is 52.2 Å². The lowest BCUT2D eigenvalue weighted by atomic mass is 10.1. The predicted octanol–water partition coefficient (Wildman–Crippen LogP) is 5.38. The number of rotatable bonds is 4. The Morgan fingerprint density at radius 3 is 2.79 bits per heavy atom. The maximum atomic E-state index is 12.8. The molecule has 24 heavy (non-hydrogen) atoms. The number of hydrogen-bond donors (Lipinski definition) is 0. The molecule has 1 saturated heterocycles. The first-order valence-corrected chi connectivity index (χ1v) is 10.4. The van der Waals surface area contributed by atoms with Crippen molar-refractivity contribution in [3.63, 3.8) is 0 Å². The highest BCUT2D eigenvalue weighted by molar-refractivity contribution is 7.99. The second kappa shape index (κ2) is 8.36. The third kappa shape index (κ3) is 4.32. The first kappa shape index (κ1) is 17.8. The van der Waals surface area contributed by atoms with Crippen molar-refractivity contribution in [1.29, 1.82) is 0 Å². The highest BCUT2D eigenvalue weighted by atomic mass is 32.2. The van der Waals surface area contributed by atoms with E-state index in [2.05, 4.69) is 11.4 Å². The van der Waals surface area contributed by atoms with E-state index in [4.69, 9.17) is 0 Å². The molecule has 0 aliphatic carbocycles. The number of nitrogens with zero attached hydrogens (tertiary/aromatic N) is 1. The zero-order valence-corrected chi connectivity index (χ0v) is 15.3. The fourth-order valence-corrected chi connectivity index (χ4v) is 5.56. The molecule has 0 saturated carbocycles. The van der Waals surface area contributed by atoms with Gasteiger partial charge in [-0.15, -0.1) is 11.3 Å². The Morgan fingerprint density at radius 1 is 1.21 bits per heavy atom. The van der Waals surface area contributed by atoms with Crippen LogP contribution in [0.5, 0.6) is 0 Å². The monoisotopic (exact) mass is 385 g/mol. The zero-order valence-electron chi connectivity index (χ0n) is 12.9. The molecule has 1 aliphatic heterocycles. The van der Waals surface area contributed by atoms with E-state index in [1.54, 1.807) is 40.5 Å². The third-order valence-corrected chi connectivity index (χ3v) is 7.06. The third-order valence-electron chi connectivity index (χ3n) is 3.82. The highest BCUT2D eigenvalue weighted by Crippen LogP contribution is 2.37. The maximum absolute atomic E-state index is 12.8. The van der Waals surface area contributed by atoms with Crippen molar-refractivity contribution in [1.82, 2.24) is 4.90 Å². The van der Waals surface area contributed by atoms with Crippen molar-refractivity contribution < 1.29 is 13.6 Å². The predicted molar refractivity (Wildman–Crippen MR) is 98.3 cm³/mol. The van der Waals surface area contributed by atoms with Crippen LogP contribution in [-0.2, 0) is 0 Å². The number of thioether (sulfide) groups is 2. The molecule has 0 radical (unpaired) electrons. The van der Waals surface area contributed by atoms with Gasteiger partial charge in [0.1, 0.15) is 0 Å². The molecular formula is C17H17F2NOS3. The summed E-state index contributed by atoms with van der Waals surface area (Å²) in [6.07, 6.45) is 0.890. The molecule has 7 heteroatoms. The normalized spacial score (nSPS) is 18.6. The Hall–Kier alpha value is -1.05. The van der Waals surface area contributed by atoms with Crippen LogP contribution in [0, 0.1) is 0 Å². The lowest BCUT2D eigenvalue weighted by Gasteiger charge is -2.21. The van der Waals surface area contributed by atoms with Crippen molar-refractivity contribution in [2.75, 3.05) is 18.8 Å². The van der Waals surface area contributed by atoms with Gasteiger partial charge < -0.3 is 4.90 Å². The summed E-state index contributed by atoms with van der Waals surface area (Å²) in [4.78, 5) is 16.3. The molecule has 1 atom stereocenters. The molecule has 0 N–H and O–H groups in total. The molecule has 1 amide bonds. The first-order chi connectivity index (χ1) is 11.6. The second-order valence-corrected chi connectivity index (χ2v) is 8.65. The molecule has 0 spiro atoms. The van der Waals surface area contributed by atoms with Gasteiger partial charge in [-0.25, -0.2) is 0 Å². The minimum absolute atomic E-state index is 0.147. The summed E-state index contributed by atoms with van der Waals surface area (Å²) >= 11 is 4.04. The van der Waals surface area contributed by atoms with Crippen LogP contribution in [0.4, 0.5) is 8.78 Å². The van der Waals surface area contributed by atoms with Gasteiger partial charge in [0, 0.05) is 33.9 Å². The van der Waals surface area contributed by atoms with E-state index in [1.165, 1.54) is 4.88 Å². The highest BCUT2D eigenvalue weighted by Gasteiger charge is 2.25. The Bertz CT molecular complexity index is 678. The van der Waals surface area contributed by atoms with Gasteiger partial charge >= 0.3 is 0 Å². The molecule has 1 unspecified atom stereocenters. The quantitative estimate of drug-likeness (QED) is 0.659. The topological polar surface area (TPSA) is 20.3 Å². The number of carbonyl (C=O) groups excluding carboxylic acids is 1. The van der Waals surface area contributed by atoms with Crippen LogP contribution in [0.3, 0.4) is 0 Å². The van der Waals surface area contributed by atoms with Crippen LogP contribution >= 0.6 is 34.9 Å². The van der Waals surface area contributed by atoms with Crippen LogP contribution < -0.4 is 0 Å². The van der Waals surface area contributed by atoms with Crippen molar-refractivity contribution in [2.24, 2.45) is 0 Å². The summed E-state index contributed by atoms with van der Waals surface area (Å²) in [5.41, 5.74) is 0.377. The summed E-state index contributed by atoms with van der Waals surface area (Å²) in [7, 11) is 0. The van der Waals surface area contributed by atoms with Gasteiger partial charge in [-0.1, -0.05) is 30.0 Å². The van der Waals surface area contributed by atoms with Crippen molar-refractivity contribution >= 4 is 40.8 Å².